The first kappa shape index (κ1) is 14.5. The lowest BCUT2D eigenvalue weighted by molar-refractivity contribution is -0.137. The van der Waals surface area contributed by atoms with Crippen molar-refractivity contribution in [3.8, 4) is 0 Å². The lowest BCUT2D eigenvalue weighted by Gasteiger charge is -2.35. The molecule has 1 aliphatic rings. The fourth-order valence-electron chi connectivity index (χ4n) is 1.94. The smallest absolute Gasteiger partial charge is 0.248 e. The molecule has 1 saturated heterocycles. The molecule has 4 nitrogen and oxygen atoms in total. The Balaban J connectivity index is 2.18. The summed E-state index contributed by atoms with van der Waals surface area (Å²) >= 11 is 0. The molecule has 0 aliphatic carbocycles. The molecule has 0 radical (unpaired) electrons. The molecule has 0 aromatic rings. The second-order valence-electron chi connectivity index (χ2n) is 5.04. The zero-order chi connectivity index (χ0) is 12.7. The number of carbonyl (C=O) groups is 1. The van der Waals surface area contributed by atoms with E-state index in [1.807, 2.05) is 11.8 Å². The normalized spacial score (nSPS) is 17.8. The molecule has 4 heteroatoms. The summed E-state index contributed by atoms with van der Waals surface area (Å²) in [5.41, 5.74) is 0. The molecule has 1 heterocycles. The average molecular weight is 242 g/mol. The lowest BCUT2D eigenvalue weighted by atomic mass is 10.1. The Morgan fingerprint density at radius 3 is 2.41 bits per heavy atom. The van der Waals surface area contributed by atoms with Crippen molar-refractivity contribution in [1.82, 2.24) is 9.80 Å². The molecule has 1 amide bonds. The number of hydrogen-bond donors (Lipinski definition) is 0. The molecule has 0 aromatic carbocycles. The number of hydrogen-bond acceptors (Lipinski definition) is 3. The van der Waals surface area contributed by atoms with Crippen molar-refractivity contribution in [3.63, 3.8) is 0 Å². The van der Waals surface area contributed by atoms with Gasteiger partial charge in [0.15, 0.2) is 0 Å². The summed E-state index contributed by atoms with van der Waals surface area (Å²) in [6.45, 7) is 12.1. The van der Waals surface area contributed by atoms with Gasteiger partial charge in [0, 0.05) is 32.8 Å². The molecule has 17 heavy (non-hydrogen) atoms. The van der Waals surface area contributed by atoms with Gasteiger partial charge in [-0.05, 0) is 25.8 Å². The van der Waals surface area contributed by atoms with Crippen molar-refractivity contribution in [2.45, 2.75) is 27.2 Å². The van der Waals surface area contributed by atoms with E-state index in [1.165, 1.54) is 6.42 Å². The zero-order valence-corrected chi connectivity index (χ0v) is 11.4. The molecular formula is C13H26N2O2. The van der Waals surface area contributed by atoms with Crippen LogP contribution in [0.3, 0.4) is 0 Å². The molecule has 0 saturated carbocycles. The van der Waals surface area contributed by atoms with Crippen LogP contribution in [0.1, 0.15) is 27.2 Å². The number of amides is 1. The molecule has 1 rings (SSSR count). The second-order valence-corrected chi connectivity index (χ2v) is 5.04. The van der Waals surface area contributed by atoms with Crippen LogP contribution in [-0.2, 0) is 9.53 Å². The highest BCUT2D eigenvalue weighted by Gasteiger charge is 2.20. The third kappa shape index (κ3) is 5.50. The fraction of sp³-hybridized carbons (Fsp3) is 0.923. The Morgan fingerprint density at radius 1 is 1.24 bits per heavy atom. The van der Waals surface area contributed by atoms with Crippen LogP contribution in [0, 0.1) is 5.92 Å². The average Bonchev–Trinajstić information content (AvgIpc) is 2.34. The van der Waals surface area contributed by atoms with E-state index in [4.69, 9.17) is 4.74 Å². The minimum absolute atomic E-state index is 0.135. The number of carbonyl (C=O) groups excluding carboxylic acids is 1. The Hall–Kier alpha value is -0.610. The van der Waals surface area contributed by atoms with E-state index in [-0.39, 0.29) is 12.5 Å². The summed E-state index contributed by atoms with van der Waals surface area (Å²) in [5, 5.41) is 0. The van der Waals surface area contributed by atoms with Crippen molar-refractivity contribution in [2.24, 2.45) is 5.92 Å². The summed E-state index contributed by atoms with van der Waals surface area (Å²) in [6.07, 6.45) is 1.24. The van der Waals surface area contributed by atoms with Gasteiger partial charge >= 0.3 is 0 Å². The van der Waals surface area contributed by atoms with E-state index in [1.54, 1.807) is 0 Å². The van der Waals surface area contributed by atoms with Crippen LogP contribution in [0.2, 0.25) is 0 Å². The maximum atomic E-state index is 11.7. The van der Waals surface area contributed by atoms with E-state index in [0.717, 1.165) is 38.6 Å². The molecule has 0 bridgehead atoms. The summed E-state index contributed by atoms with van der Waals surface area (Å²) in [7, 11) is 0. The molecule has 1 aliphatic heterocycles. The largest absolute Gasteiger partial charge is 0.372 e. The quantitative estimate of drug-likeness (QED) is 0.702. The van der Waals surface area contributed by atoms with Crippen molar-refractivity contribution in [1.29, 1.82) is 0 Å². The van der Waals surface area contributed by atoms with Crippen LogP contribution in [0.5, 0.6) is 0 Å². The van der Waals surface area contributed by atoms with Crippen LogP contribution in [0.15, 0.2) is 0 Å². The summed E-state index contributed by atoms with van der Waals surface area (Å²) in [5.74, 6) is 0.892. The highest BCUT2D eigenvalue weighted by Crippen LogP contribution is 2.06. The van der Waals surface area contributed by atoms with Crippen LogP contribution in [0.4, 0.5) is 0 Å². The molecule has 0 atom stereocenters. The Labute approximate surface area is 105 Å². The van der Waals surface area contributed by atoms with E-state index in [0.29, 0.717) is 6.61 Å². The van der Waals surface area contributed by atoms with Gasteiger partial charge in [-0.1, -0.05) is 13.8 Å². The number of rotatable bonds is 6. The number of ether oxygens (including phenoxy) is 1. The Morgan fingerprint density at radius 2 is 1.88 bits per heavy atom. The molecule has 0 unspecified atom stereocenters. The lowest BCUT2D eigenvalue weighted by Crippen LogP contribution is -2.49. The highest BCUT2D eigenvalue weighted by atomic mass is 16.5. The topological polar surface area (TPSA) is 32.8 Å². The van der Waals surface area contributed by atoms with Gasteiger partial charge in [0.1, 0.15) is 6.61 Å². The van der Waals surface area contributed by atoms with Gasteiger partial charge in [-0.25, -0.2) is 0 Å². The third-order valence-corrected chi connectivity index (χ3v) is 3.18. The maximum Gasteiger partial charge on any atom is 0.248 e. The zero-order valence-electron chi connectivity index (χ0n) is 11.4. The molecule has 100 valence electrons. The standard InChI is InChI=1S/C13H26N2O2/c1-4-17-11-13(16)15-9-7-14(8-10-15)6-5-12(2)3/h12H,4-11H2,1-3H3. The van der Waals surface area contributed by atoms with Crippen molar-refractivity contribution >= 4 is 5.91 Å². The minimum atomic E-state index is 0.135. The summed E-state index contributed by atoms with van der Waals surface area (Å²) in [6, 6.07) is 0. The van der Waals surface area contributed by atoms with Crippen LogP contribution >= 0.6 is 0 Å². The van der Waals surface area contributed by atoms with Crippen LogP contribution in [-0.4, -0.2) is 61.6 Å². The minimum Gasteiger partial charge on any atom is -0.372 e. The van der Waals surface area contributed by atoms with Gasteiger partial charge < -0.3 is 9.64 Å². The van der Waals surface area contributed by atoms with Gasteiger partial charge in [-0.2, -0.15) is 0 Å². The maximum absolute atomic E-state index is 11.7. The van der Waals surface area contributed by atoms with E-state index in [9.17, 15) is 4.79 Å². The molecule has 0 spiro atoms. The van der Waals surface area contributed by atoms with Crippen LogP contribution in [0.25, 0.3) is 0 Å². The third-order valence-electron chi connectivity index (χ3n) is 3.18. The predicted octanol–water partition coefficient (Wildman–Crippen LogP) is 1.21. The first-order chi connectivity index (χ1) is 8.13. The SMILES string of the molecule is CCOCC(=O)N1CCN(CCC(C)C)CC1. The summed E-state index contributed by atoms with van der Waals surface area (Å²) < 4.78 is 5.15. The van der Waals surface area contributed by atoms with Gasteiger partial charge in [-0.15, -0.1) is 0 Å². The second kappa shape index (κ2) is 7.67. The monoisotopic (exact) mass is 242 g/mol. The van der Waals surface area contributed by atoms with Gasteiger partial charge in [-0.3, -0.25) is 9.69 Å². The van der Waals surface area contributed by atoms with Gasteiger partial charge in [0.25, 0.3) is 0 Å². The van der Waals surface area contributed by atoms with Crippen molar-refractivity contribution in [3.05, 3.63) is 0 Å². The Kier molecular flexibility index (Phi) is 6.52. The Bertz CT molecular complexity index is 223. The predicted molar refractivity (Wildman–Crippen MR) is 69.0 cm³/mol. The van der Waals surface area contributed by atoms with Gasteiger partial charge in [0.05, 0.1) is 0 Å². The molecule has 1 fully saturated rings. The van der Waals surface area contributed by atoms with Gasteiger partial charge in [0.2, 0.25) is 5.91 Å². The van der Waals surface area contributed by atoms with E-state index >= 15 is 0 Å². The van der Waals surface area contributed by atoms with Crippen molar-refractivity contribution in [2.75, 3.05) is 45.9 Å². The highest BCUT2D eigenvalue weighted by molar-refractivity contribution is 5.77. The molecular weight excluding hydrogens is 216 g/mol. The number of nitrogens with zero attached hydrogens (tertiary/aromatic N) is 2. The molecule has 0 N–H and O–H groups in total. The summed E-state index contributed by atoms with van der Waals surface area (Å²) in [4.78, 5) is 16.1. The molecule has 0 aromatic heterocycles. The van der Waals surface area contributed by atoms with E-state index in [2.05, 4.69) is 18.7 Å². The fourth-order valence-corrected chi connectivity index (χ4v) is 1.94. The first-order valence-electron chi connectivity index (χ1n) is 6.71. The number of piperazine rings is 1. The van der Waals surface area contributed by atoms with Crippen LogP contribution < -0.4 is 0 Å². The van der Waals surface area contributed by atoms with Crippen molar-refractivity contribution < 1.29 is 9.53 Å². The first-order valence-corrected chi connectivity index (χ1v) is 6.71. The van der Waals surface area contributed by atoms with E-state index < -0.39 is 0 Å².